The van der Waals surface area contributed by atoms with Crippen molar-refractivity contribution in [2.75, 3.05) is 4.90 Å². The van der Waals surface area contributed by atoms with E-state index in [0.29, 0.717) is 0 Å². The fourth-order valence-electron chi connectivity index (χ4n) is 12.7. The van der Waals surface area contributed by atoms with Gasteiger partial charge in [0.15, 0.2) is 0 Å². The highest BCUT2D eigenvalue weighted by atomic mass is 32.2. The van der Waals surface area contributed by atoms with Gasteiger partial charge in [0, 0.05) is 38.0 Å². The average Bonchev–Trinajstić information content (AvgIpc) is 3.87. The van der Waals surface area contributed by atoms with Crippen molar-refractivity contribution in [1.82, 2.24) is 0 Å². The quantitative estimate of drug-likeness (QED) is 0.175. The molecule has 0 N–H and O–H groups in total. The summed E-state index contributed by atoms with van der Waals surface area (Å²) in [5.41, 5.74) is 19.7. The third-order valence-corrected chi connectivity index (χ3v) is 16.5. The summed E-state index contributed by atoms with van der Waals surface area (Å²) in [6.07, 6.45) is 0. The molecule has 4 aliphatic rings. The largest absolute Gasteiger partial charge is 0.457 e. The van der Waals surface area contributed by atoms with E-state index >= 15 is 0 Å². The Labute approximate surface area is 405 Å². The predicted molar refractivity (Wildman–Crippen MR) is 283 cm³/mol. The molecule has 0 radical (unpaired) electrons. The molecule has 2 nitrogen and oxygen atoms in total. The van der Waals surface area contributed by atoms with Crippen LogP contribution in [0.2, 0.25) is 0 Å². The van der Waals surface area contributed by atoms with Crippen LogP contribution >= 0.6 is 11.8 Å². The van der Waals surface area contributed by atoms with Gasteiger partial charge in [-0.3, -0.25) is 0 Å². The lowest BCUT2D eigenvalue weighted by Gasteiger charge is -2.40. The number of hydrogen-bond donors (Lipinski definition) is 0. The molecular formula is C66H41NOS. The summed E-state index contributed by atoms with van der Waals surface area (Å²) in [4.78, 5) is 5.08. The SMILES string of the molecule is c1ccc(-c2ccc(N(c3ccc4c(c3)C3(c5ccccc5Oc5ccccc53)c3ccccc3-4)c3ccc4c(c3)C3(c5ccccc5Sc5ccccc53)c3ccc5ccccc5c3-4)cc2)cc1. The van der Waals surface area contributed by atoms with Gasteiger partial charge >= 0.3 is 0 Å². The van der Waals surface area contributed by atoms with Crippen LogP contribution in [0.5, 0.6) is 11.5 Å². The monoisotopic (exact) mass is 895 g/mol. The summed E-state index contributed by atoms with van der Waals surface area (Å²) >= 11 is 1.89. The van der Waals surface area contributed by atoms with Crippen molar-refractivity contribution in [3.63, 3.8) is 0 Å². The van der Waals surface area contributed by atoms with E-state index in [2.05, 4.69) is 254 Å². The molecule has 2 aliphatic carbocycles. The van der Waals surface area contributed by atoms with Crippen LogP contribution in [0.4, 0.5) is 17.1 Å². The van der Waals surface area contributed by atoms with Crippen LogP contribution in [0, 0.1) is 0 Å². The molecule has 3 heteroatoms. The van der Waals surface area contributed by atoms with Crippen LogP contribution in [0.1, 0.15) is 44.5 Å². The van der Waals surface area contributed by atoms with Gasteiger partial charge in [-0.2, -0.15) is 0 Å². The number of ether oxygens (including phenoxy) is 1. The second kappa shape index (κ2) is 14.6. The lowest BCUT2D eigenvalue weighted by Crippen LogP contribution is -2.32. The van der Waals surface area contributed by atoms with Crippen LogP contribution in [0.3, 0.4) is 0 Å². The van der Waals surface area contributed by atoms with Gasteiger partial charge in [0.05, 0.1) is 10.8 Å². The molecule has 15 rings (SSSR count). The number of para-hydroxylation sites is 2. The molecular weight excluding hydrogens is 855 g/mol. The Bertz CT molecular complexity index is 3840. The van der Waals surface area contributed by atoms with Gasteiger partial charge in [-0.15, -0.1) is 0 Å². The maximum atomic E-state index is 6.75. The molecule has 2 aliphatic heterocycles. The summed E-state index contributed by atoms with van der Waals surface area (Å²) in [5.74, 6) is 1.78. The molecule has 11 aromatic carbocycles. The third-order valence-electron chi connectivity index (χ3n) is 15.4. The first-order valence-corrected chi connectivity index (χ1v) is 24.6. The highest BCUT2D eigenvalue weighted by molar-refractivity contribution is 7.99. The second-order valence-corrected chi connectivity index (χ2v) is 19.7. The van der Waals surface area contributed by atoms with Gasteiger partial charge in [0.25, 0.3) is 0 Å². The number of rotatable bonds is 4. The van der Waals surface area contributed by atoms with E-state index in [0.717, 1.165) is 39.7 Å². The van der Waals surface area contributed by atoms with Crippen molar-refractivity contribution in [1.29, 1.82) is 0 Å². The highest BCUT2D eigenvalue weighted by Crippen LogP contribution is 2.65. The first-order chi connectivity index (χ1) is 34.2. The zero-order valence-corrected chi connectivity index (χ0v) is 38.3. The van der Waals surface area contributed by atoms with Crippen LogP contribution < -0.4 is 9.64 Å². The fourth-order valence-corrected chi connectivity index (χ4v) is 13.8. The number of hydrogen-bond acceptors (Lipinski definition) is 3. The maximum absolute atomic E-state index is 6.75. The Morgan fingerprint density at radius 2 is 0.812 bits per heavy atom. The van der Waals surface area contributed by atoms with Gasteiger partial charge < -0.3 is 9.64 Å². The van der Waals surface area contributed by atoms with E-state index in [1.807, 2.05) is 11.8 Å². The molecule has 0 saturated carbocycles. The van der Waals surface area contributed by atoms with Crippen molar-refractivity contribution < 1.29 is 4.74 Å². The first-order valence-electron chi connectivity index (χ1n) is 23.8. The maximum Gasteiger partial charge on any atom is 0.132 e. The van der Waals surface area contributed by atoms with Crippen molar-refractivity contribution in [2.45, 2.75) is 20.6 Å². The summed E-state index contributed by atoms with van der Waals surface area (Å²) in [6.45, 7) is 0. The molecule has 0 bridgehead atoms. The van der Waals surface area contributed by atoms with Crippen molar-refractivity contribution >= 4 is 39.6 Å². The van der Waals surface area contributed by atoms with E-state index in [4.69, 9.17) is 4.74 Å². The highest BCUT2D eigenvalue weighted by Gasteiger charge is 2.53. The molecule has 2 heterocycles. The smallest absolute Gasteiger partial charge is 0.132 e. The molecule has 0 amide bonds. The minimum atomic E-state index is -0.603. The zero-order chi connectivity index (χ0) is 45.3. The molecule has 2 spiro atoms. The molecule has 322 valence electrons. The zero-order valence-electron chi connectivity index (χ0n) is 37.4. The molecule has 11 aromatic rings. The van der Waals surface area contributed by atoms with Crippen molar-refractivity contribution in [2.24, 2.45) is 0 Å². The van der Waals surface area contributed by atoms with E-state index in [9.17, 15) is 0 Å². The van der Waals surface area contributed by atoms with Crippen LogP contribution in [0.25, 0.3) is 44.2 Å². The van der Waals surface area contributed by atoms with Gasteiger partial charge in [-0.05, 0) is 138 Å². The topological polar surface area (TPSA) is 12.5 Å². The number of nitrogens with zero attached hydrogens (tertiary/aromatic N) is 1. The van der Waals surface area contributed by atoms with Crippen LogP contribution in [-0.4, -0.2) is 0 Å². The van der Waals surface area contributed by atoms with E-state index < -0.39 is 10.8 Å². The van der Waals surface area contributed by atoms with Crippen molar-refractivity contribution in [3.05, 3.63) is 293 Å². The molecule has 0 fully saturated rings. The van der Waals surface area contributed by atoms with Crippen LogP contribution in [-0.2, 0) is 10.8 Å². The van der Waals surface area contributed by atoms with Crippen LogP contribution in [0.15, 0.2) is 259 Å². The summed E-state index contributed by atoms with van der Waals surface area (Å²) in [6, 6.07) is 92.4. The van der Waals surface area contributed by atoms with Gasteiger partial charge in [-0.25, -0.2) is 0 Å². The van der Waals surface area contributed by atoms with E-state index in [1.165, 1.54) is 87.3 Å². The van der Waals surface area contributed by atoms with Gasteiger partial charge in [0.2, 0.25) is 0 Å². The minimum Gasteiger partial charge on any atom is -0.457 e. The Morgan fingerprint density at radius 3 is 1.51 bits per heavy atom. The third kappa shape index (κ3) is 5.23. The molecule has 0 saturated heterocycles. The number of anilines is 3. The number of fused-ring (bicyclic) bond motifs is 20. The Balaban J connectivity index is 1.02. The molecule has 0 unspecified atom stereocenters. The number of benzene rings is 11. The molecule has 0 aromatic heterocycles. The fraction of sp³-hybridized carbons (Fsp3) is 0.0303. The van der Waals surface area contributed by atoms with Gasteiger partial charge in [0.1, 0.15) is 11.5 Å². The molecule has 69 heavy (non-hydrogen) atoms. The lowest BCUT2D eigenvalue weighted by molar-refractivity contribution is 0.436. The standard InChI is InChI=1S/C66H41NOS/c1-2-16-42(17-3-1)43-30-33-45(34-31-43)67(46-35-37-50-49-20-6-7-21-52(49)65(58(50)40-46)53-22-8-12-26-60(53)68-61-27-13-9-23-54(61)65)47-36-38-51-59(41-47)66(57-39-32-44-18-4-5-19-48(44)64(51)57)55-24-10-14-28-62(55)69-63-29-15-11-25-56(63)66/h1-41H. The van der Waals surface area contributed by atoms with E-state index in [-0.39, 0.29) is 0 Å². The Morgan fingerprint density at radius 1 is 0.319 bits per heavy atom. The normalized spacial score (nSPS) is 14.4. The second-order valence-electron chi connectivity index (χ2n) is 18.7. The summed E-state index contributed by atoms with van der Waals surface area (Å²) < 4.78 is 6.75. The summed E-state index contributed by atoms with van der Waals surface area (Å²) in [5, 5.41) is 2.53. The molecule has 0 atom stereocenters. The Hall–Kier alpha value is -8.37. The lowest BCUT2D eigenvalue weighted by atomic mass is 9.66. The first kappa shape index (κ1) is 38.7. The average molecular weight is 896 g/mol. The van der Waals surface area contributed by atoms with Crippen molar-refractivity contribution in [3.8, 4) is 44.9 Å². The Kier molecular flexibility index (Phi) is 8.17. The van der Waals surface area contributed by atoms with E-state index in [1.54, 1.807) is 0 Å². The predicted octanol–water partition coefficient (Wildman–Crippen LogP) is 17.3. The summed E-state index contributed by atoms with van der Waals surface area (Å²) in [7, 11) is 0. The minimum absolute atomic E-state index is 0.550. The van der Waals surface area contributed by atoms with Gasteiger partial charge in [-0.1, -0.05) is 200 Å².